The number of hydrogen-bond acceptors (Lipinski definition) is 3. The summed E-state index contributed by atoms with van der Waals surface area (Å²) in [7, 11) is 0. The smallest absolute Gasteiger partial charge is 0.270 e. The van der Waals surface area contributed by atoms with Crippen LogP contribution in [0.3, 0.4) is 0 Å². The van der Waals surface area contributed by atoms with Gasteiger partial charge in [0.25, 0.3) is 5.91 Å². The number of carbonyl (C=O) groups is 1. The summed E-state index contributed by atoms with van der Waals surface area (Å²) in [5, 5.41) is 8.82. The standard InChI is InChI=1S/C16H19N3O2/c1-12-2-7-21-16(9-12)3-5-19(6-4-16)15(20)14-8-13(10-17)11-18-14/h8-9,11,18H,2-7H2,1H3. The fourth-order valence-corrected chi connectivity index (χ4v) is 3.11. The zero-order valence-corrected chi connectivity index (χ0v) is 12.2. The number of likely N-dealkylation sites (tertiary alicyclic amines) is 1. The van der Waals surface area contributed by atoms with Crippen molar-refractivity contribution in [2.45, 2.75) is 31.8 Å². The van der Waals surface area contributed by atoms with Gasteiger partial charge in [0.05, 0.1) is 17.8 Å². The van der Waals surface area contributed by atoms with Gasteiger partial charge in [0.1, 0.15) is 11.8 Å². The average molecular weight is 285 g/mol. The van der Waals surface area contributed by atoms with Crippen LogP contribution in [-0.2, 0) is 4.74 Å². The minimum Gasteiger partial charge on any atom is -0.370 e. The van der Waals surface area contributed by atoms with Crippen molar-refractivity contribution in [1.29, 1.82) is 5.26 Å². The van der Waals surface area contributed by atoms with Crippen LogP contribution in [0.15, 0.2) is 23.9 Å². The van der Waals surface area contributed by atoms with Crippen molar-refractivity contribution in [2.75, 3.05) is 19.7 Å². The Labute approximate surface area is 124 Å². The first-order chi connectivity index (χ1) is 10.1. The van der Waals surface area contributed by atoms with E-state index in [-0.39, 0.29) is 11.5 Å². The molecule has 0 aliphatic carbocycles. The monoisotopic (exact) mass is 285 g/mol. The summed E-state index contributed by atoms with van der Waals surface area (Å²) in [5.74, 6) is -0.0390. The summed E-state index contributed by atoms with van der Waals surface area (Å²) in [6.45, 7) is 4.29. The first-order valence-electron chi connectivity index (χ1n) is 7.32. The van der Waals surface area contributed by atoms with E-state index >= 15 is 0 Å². The van der Waals surface area contributed by atoms with Crippen molar-refractivity contribution in [3.63, 3.8) is 0 Å². The molecule has 5 heteroatoms. The third-order valence-electron chi connectivity index (χ3n) is 4.33. The van der Waals surface area contributed by atoms with Crippen LogP contribution in [0.1, 0.15) is 42.2 Å². The lowest BCUT2D eigenvalue weighted by atomic mass is 9.87. The fraction of sp³-hybridized carbons (Fsp3) is 0.500. The highest BCUT2D eigenvalue weighted by Crippen LogP contribution is 2.33. The van der Waals surface area contributed by atoms with Gasteiger partial charge < -0.3 is 14.6 Å². The topological polar surface area (TPSA) is 69.1 Å². The second-order valence-corrected chi connectivity index (χ2v) is 5.86. The molecule has 0 radical (unpaired) electrons. The number of carbonyl (C=O) groups excluding carboxylic acids is 1. The second-order valence-electron chi connectivity index (χ2n) is 5.86. The van der Waals surface area contributed by atoms with Crippen molar-refractivity contribution >= 4 is 5.91 Å². The summed E-state index contributed by atoms with van der Waals surface area (Å²) in [5.41, 5.74) is 2.18. The summed E-state index contributed by atoms with van der Waals surface area (Å²) in [6, 6.07) is 3.63. The molecule has 1 aromatic rings. The average Bonchev–Trinajstić information content (AvgIpc) is 2.96. The number of nitriles is 1. The van der Waals surface area contributed by atoms with Crippen molar-refractivity contribution in [1.82, 2.24) is 9.88 Å². The molecule has 3 rings (SSSR count). The largest absolute Gasteiger partial charge is 0.370 e. The number of amides is 1. The van der Waals surface area contributed by atoms with E-state index in [2.05, 4.69) is 18.0 Å². The van der Waals surface area contributed by atoms with Crippen molar-refractivity contribution in [3.05, 3.63) is 35.2 Å². The second kappa shape index (κ2) is 5.38. The number of H-pyrrole nitrogens is 1. The van der Waals surface area contributed by atoms with E-state index in [1.54, 1.807) is 12.3 Å². The molecule has 2 aliphatic heterocycles. The van der Waals surface area contributed by atoms with Gasteiger partial charge in [-0.1, -0.05) is 11.6 Å². The third kappa shape index (κ3) is 2.72. The maximum atomic E-state index is 12.4. The lowest BCUT2D eigenvalue weighted by Crippen LogP contribution is -2.48. The van der Waals surface area contributed by atoms with Crippen LogP contribution in [0, 0.1) is 11.3 Å². The maximum Gasteiger partial charge on any atom is 0.270 e. The molecule has 1 aromatic heterocycles. The van der Waals surface area contributed by atoms with E-state index in [9.17, 15) is 4.79 Å². The van der Waals surface area contributed by atoms with Crippen LogP contribution >= 0.6 is 0 Å². The van der Waals surface area contributed by atoms with E-state index in [1.165, 1.54) is 5.57 Å². The molecule has 21 heavy (non-hydrogen) atoms. The Kier molecular flexibility index (Phi) is 3.56. The van der Waals surface area contributed by atoms with Crippen LogP contribution in [0.4, 0.5) is 0 Å². The molecule has 1 saturated heterocycles. The Morgan fingerprint density at radius 2 is 2.24 bits per heavy atom. The van der Waals surface area contributed by atoms with Gasteiger partial charge >= 0.3 is 0 Å². The van der Waals surface area contributed by atoms with Gasteiger partial charge in [-0.25, -0.2) is 0 Å². The van der Waals surface area contributed by atoms with E-state index in [0.29, 0.717) is 24.3 Å². The first-order valence-corrected chi connectivity index (χ1v) is 7.32. The normalized spacial score (nSPS) is 21.0. The zero-order valence-electron chi connectivity index (χ0n) is 12.2. The van der Waals surface area contributed by atoms with Gasteiger partial charge in [0.2, 0.25) is 0 Å². The Morgan fingerprint density at radius 1 is 1.48 bits per heavy atom. The molecule has 0 aromatic carbocycles. The minimum absolute atomic E-state index is 0.0390. The van der Waals surface area contributed by atoms with Crippen LogP contribution in [0.5, 0.6) is 0 Å². The van der Waals surface area contributed by atoms with Crippen LogP contribution in [0.25, 0.3) is 0 Å². The van der Waals surface area contributed by atoms with Gasteiger partial charge in [0.15, 0.2) is 0 Å². The highest BCUT2D eigenvalue weighted by atomic mass is 16.5. The molecule has 0 bridgehead atoms. The number of ether oxygens (including phenoxy) is 1. The summed E-state index contributed by atoms with van der Waals surface area (Å²) < 4.78 is 5.97. The highest BCUT2D eigenvalue weighted by Gasteiger charge is 2.37. The summed E-state index contributed by atoms with van der Waals surface area (Å²) in [6.07, 6.45) is 6.48. The maximum absolute atomic E-state index is 12.4. The Balaban J connectivity index is 1.67. The van der Waals surface area contributed by atoms with Crippen LogP contribution < -0.4 is 0 Å². The fourth-order valence-electron chi connectivity index (χ4n) is 3.11. The molecule has 0 atom stereocenters. The van der Waals surface area contributed by atoms with Gasteiger partial charge in [-0.15, -0.1) is 0 Å². The summed E-state index contributed by atoms with van der Waals surface area (Å²) >= 11 is 0. The van der Waals surface area contributed by atoms with Crippen LogP contribution in [0.2, 0.25) is 0 Å². The molecule has 2 aliphatic rings. The Hall–Kier alpha value is -2.06. The lowest BCUT2D eigenvalue weighted by molar-refractivity contribution is -0.0522. The zero-order chi connectivity index (χ0) is 14.9. The Morgan fingerprint density at radius 3 is 2.86 bits per heavy atom. The van der Waals surface area contributed by atoms with E-state index in [4.69, 9.17) is 10.00 Å². The predicted octanol–water partition coefficient (Wildman–Crippen LogP) is 2.23. The molecule has 1 N–H and O–H groups in total. The lowest BCUT2D eigenvalue weighted by Gasteiger charge is -2.42. The highest BCUT2D eigenvalue weighted by molar-refractivity contribution is 5.93. The van der Waals surface area contributed by atoms with Crippen LogP contribution in [-0.4, -0.2) is 41.1 Å². The number of aromatic amines is 1. The molecule has 0 unspecified atom stereocenters. The van der Waals surface area contributed by atoms with Crippen molar-refractivity contribution in [2.24, 2.45) is 0 Å². The predicted molar refractivity (Wildman–Crippen MR) is 77.7 cm³/mol. The van der Waals surface area contributed by atoms with Crippen molar-refractivity contribution in [3.8, 4) is 6.07 Å². The molecule has 1 fully saturated rings. The quantitative estimate of drug-likeness (QED) is 0.804. The molecular formula is C16H19N3O2. The van der Waals surface area contributed by atoms with Gasteiger partial charge in [-0.3, -0.25) is 4.79 Å². The number of piperidine rings is 1. The van der Waals surface area contributed by atoms with Gasteiger partial charge in [-0.2, -0.15) is 5.26 Å². The molecular weight excluding hydrogens is 266 g/mol. The third-order valence-corrected chi connectivity index (χ3v) is 4.33. The van der Waals surface area contributed by atoms with E-state index < -0.39 is 0 Å². The molecule has 1 spiro atoms. The number of hydrogen-bond donors (Lipinski definition) is 1. The van der Waals surface area contributed by atoms with Gasteiger partial charge in [-0.05, 0) is 32.3 Å². The van der Waals surface area contributed by atoms with E-state index in [0.717, 1.165) is 25.9 Å². The van der Waals surface area contributed by atoms with Gasteiger partial charge in [0, 0.05) is 19.3 Å². The molecule has 0 saturated carbocycles. The van der Waals surface area contributed by atoms with E-state index in [1.807, 2.05) is 11.0 Å². The molecule has 3 heterocycles. The van der Waals surface area contributed by atoms with Crippen molar-refractivity contribution < 1.29 is 9.53 Å². The number of nitrogens with zero attached hydrogens (tertiary/aromatic N) is 2. The minimum atomic E-state index is -0.174. The molecule has 5 nitrogen and oxygen atoms in total. The molecule has 110 valence electrons. The number of rotatable bonds is 1. The Bertz CT molecular complexity index is 616. The summed E-state index contributed by atoms with van der Waals surface area (Å²) in [4.78, 5) is 17.1. The SMILES string of the molecule is CC1=CC2(CCN(C(=O)c3cc(C#N)c[nH]3)CC2)OCC1. The molecule has 1 amide bonds. The number of aromatic nitrogens is 1. The first kappa shape index (κ1) is 13.9. The number of nitrogens with one attached hydrogen (secondary N) is 1.